The van der Waals surface area contributed by atoms with Gasteiger partial charge in [-0.25, -0.2) is 4.98 Å². The average Bonchev–Trinajstić information content (AvgIpc) is 1.65. The van der Waals surface area contributed by atoms with E-state index in [1.807, 2.05) is 93.8 Å². The lowest BCUT2D eigenvalue weighted by atomic mass is 9.81. The lowest BCUT2D eigenvalue weighted by Crippen LogP contribution is -2.28. The molecule has 822 valence electrons. The minimum Gasteiger partial charge on any atom is -0.396 e. The first-order chi connectivity index (χ1) is 66.3. The molecule has 145 heavy (non-hydrogen) atoms. The van der Waals surface area contributed by atoms with Crippen LogP contribution in [0.25, 0.3) is 0 Å². The number of para-hydroxylation sites is 1. The minimum atomic E-state index is 0. The fraction of sp³-hybridized carbons (Fsp3) is 0.644. The molecule has 5 heterocycles. The van der Waals surface area contributed by atoms with Crippen LogP contribution in [-0.4, -0.2) is 87.8 Å². The number of H-pyrrole nitrogens is 1. The number of aryl methyl sites for hydroxylation is 2. The first-order valence-corrected chi connectivity index (χ1v) is 54.7. The van der Waals surface area contributed by atoms with Gasteiger partial charge in [0, 0.05) is 136 Å². The van der Waals surface area contributed by atoms with E-state index in [4.69, 9.17) is 26.8 Å². The summed E-state index contributed by atoms with van der Waals surface area (Å²) in [6.07, 6.45) is 41.0. The average molecular weight is 2000 g/mol. The van der Waals surface area contributed by atoms with E-state index in [-0.39, 0.29) is 42.8 Å². The topological polar surface area (TPSA) is 215 Å². The number of aliphatic hydroxyl groups excluding tert-OH is 3. The number of anilines is 3. The number of aliphatic hydroxyl groups is 3. The molecule has 12 rings (SSSR count). The highest BCUT2D eigenvalue weighted by Gasteiger charge is 2.45. The molecule has 4 aliphatic carbocycles. The zero-order chi connectivity index (χ0) is 111. The molecule has 8 aromatic rings. The van der Waals surface area contributed by atoms with Crippen LogP contribution < -0.4 is 32.4 Å². The van der Waals surface area contributed by atoms with Gasteiger partial charge in [-0.05, 0) is 298 Å². The molecule has 4 saturated carbocycles. The molecule has 0 saturated heterocycles. The zero-order valence-electron chi connectivity index (χ0n) is 101. The zero-order valence-corrected chi connectivity index (χ0v) is 101. The quantitative estimate of drug-likeness (QED) is 0.0249. The van der Waals surface area contributed by atoms with Gasteiger partial charge >= 0.3 is 0 Å². The van der Waals surface area contributed by atoms with Crippen LogP contribution in [0.5, 0.6) is 0 Å². The lowest BCUT2D eigenvalue weighted by molar-refractivity contribution is -0.377. The molecule has 0 amide bonds. The third-order valence-corrected chi connectivity index (χ3v) is 25.9. The van der Waals surface area contributed by atoms with Gasteiger partial charge in [0.05, 0.1) is 0 Å². The number of aromatic amines is 1. The second-order valence-corrected chi connectivity index (χ2v) is 53.8. The van der Waals surface area contributed by atoms with E-state index < -0.39 is 0 Å². The largest absolute Gasteiger partial charge is 0.396 e. The Bertz CT molecular complexity index is 4300. The maximum absolute atomic E-state index is 8.83. The van der Waals surface area contributed by atoms with Crippen molar-refractivity contribution in [1.82, 2.24) is 19.9 Å². The Kier molecular flexibility index (Phi) is 68.1. The van der Waals surface area contributed by atoms with Crippen LogP contribution in [0, 0.1) is 116 Å². The third-order valence-electron chi connectivity index (χ3n) is 25.9. The molecule has 3 aromatic carbocycles. The molecular weight excluding hydrogens is 1770 g/mol. The Balaban J connectivity index is -0.00000150. The van der Waals surface area contributed by atoms with E-state index in [1.165, 1.54) is 127 Å². The number of aromatic nitrogens is 5. The predicted octanol–water partition coefficient (Wildman–Crippen LogP) is 34.4. The first kappa shape index (κ1) is 141. The highest BCUT2D eigenvalue weighted by molar-refractivity contribution is 5.43. The van der Waals surface area contributed by atoms with E-state index in [0.717, 1.165) is 69.0 Å². The number of allylic oxidation sites excluding steroid dienone is 2. The number of hydrogen-bond acceptors (Lipinski definition) is 12. The number of nitrogens with zero attached hydrogens (tertiary/aromatic N) is 4. The standard InChI is InChI=1S/C12H19N.2C11H18N2.C11H16.2C10H15N.C10H18.C10H16.C10H14.C9H13N.C7H15N.C7H17N.C7H14O.C6H14O2.CH4/c1-12(2,3)9-10-13-11-7-5-4-6-8-11;2*1-11(2,3)6-9-13-10-4-7-12-8-5-10;1-9-5-7-10(8-6-9)11(2,3)4;1-8-7-11-6-5-9(8)10(2,3)4;1-10(2,3)8-9-4-6-11-7-5-9;2*1-10(2,3)8-4-5-9-6-7-9;1-10(2,3)9-7-5-4-6-8-9;1-9(2,3)8-4-6-10-7-5-8;1-6(2)7(5-8)3-4-7;1-6(2)7(3,4)5-8;1-6(2)7(5-8)3-4-7;1-5(2)6(3-7)4-8;/h4-8,13H,9-10H2,1-3H3;2*4-5,7-8H,6,9H2,1-3H3,(H,12,13);5-8H,1-4H3;5-7H,1-4H3;4-7H,8H2,1-3H3;4-5,9H,6-8H2,1-3H3;9H,6-8H2,1-3H3;4-8H,1-3H3;4-7H,1-3H3;6H,3-5,8H2,1-2H3;6H,5,8H2,1-4H3;6,8H,3-5H2,1-2H3;5-8H,3-4H2,1-2H3;1H4/p+1/b;;;;;;5-4+;;;;;;;;. The maximum atomic E-state index is 8.83. The molecule has 13 heteroatoms. The number of hydrogen-bond donors (Lipinski definition) is 8. The summed E-state index contributed by atoms with van der Waals surface area (Å²) < 4.78 is 0. The van der Waals surface area contributed by atoms with Gasteiger partial charge in [0.25, 0.3) is 0 Å². The maximum Gasteiger partial charge on any atom is 0.169 e. The van der Waals surface area contributed by atoms with Crippen molar-refractivity contribution in [2.45, 2.75) is 410 Å². The Morgan fingerprint density at radius 2 is 0.800 bits per heavy atom. The molecule has 4 aliphatic rings. The minimum absolute atomic E-state index is 0. The van der Waals surface area contributed by atoms with Crippen LogP contribution in [0.1, 0.15) is 407 Å². The highest BCUT2D eigenvalue weighted by Crippen LogP contribution is 2.52. The molecule has 0 unspecified atom stereocenters. The lowest BCUT2D eigenvalue weighted by Gasteiger charge is -2.26. The normalized spacial score (nSPS) is 13.9. The van der Waals surface area contributed by atoms with Gasteiger partial charge in [-0.15, -0.1) is 5.92 Å². The molecule has 0 radical (unpaired) electrons. The number of pyridine rings is 5. The molecule has 13 nitrogen and oxygen atoms in total. The molecule has 5 aromatic heterocycles. The van der Waals surface area contributed by atoms with Crippen LogP contribution in [0.4, 0.5) is 17.1 Å². The number of nitrogens with one attached hydrogen (secondary N) is 4. The van der Waals surface area contributed by atoms with E-state index >= 15 is 0 Å². The SMILES string of the molecule is C.CC(C)(C)C/C=C/C1CC1.CC(C)(C)CC#CC1CC1.CC(C)(C)CCNc1cc[nH+]cc1.CC(C)(C)CCNc1ccccc1.CC(C)(C)CCNc1ccncc1.CC(C)(C)Cc1ccncc1.CC(C)(C)c1ccccc1.CC(C)(C)c1ccncc1.CC(C)C(C)(C)CN.CC(C)C(CO)CO.CC(C)C1(CN)CC1.CC(C)C1(CO)CC1.Cc1ccc(C(C)(C)C)cc1.Cc1cnccc1C(C)(C)C. The Hall–Kier alpha value is -8.09. The molecule has 4 fully saturated rings. The van der Waals surface area contributed by atoms with Crippen molar-refractivity contribution >= 4 is 17.1 Å². The van der Waals surface area contributed by atoms with Crippen molar-refractivity contribution in [2.24, 2.45) is 102 Å². The summed E-state index contributed by atoms with van der Waals surface area (Å²) >= 11 is 0. The van der Waals surface area contributed by atoms with Crippen molar-refractivity contribution in [1.29, 1.82) is 0 Å². The van der Waals surface area contributed by atoms with Gasteiger partial charge in [-0.3, -0.25) is 19.9 Å². The molecule has 0 aliphatic heterocycles. The molecule has 11 N–H and O–H groups in total. The molecule has 0 atom stereocenters. The van der Waals surface area contributed by atoms with E-state index in [1.54, 1.807) is 12.4 Å². The van der Waals surface area contributed by atoms with E-state index in [9.17, 15) is 0 Å². The van der Waals surface area contributed by atoms with Gasteiger partial charge in [-0.1, -0.05) is 381 Å². The van der Waals surface area contributed by atoms with Gasteiger partial charge < -0.3 is 42.7 Å². The van der Waals surface area contributed by atoms with Gasteiger partial charge in [-0.2, -0.15) is 0 Å². The van der Waals surface area contributed by atoms with Gasteiger partial charge in [0.2, 0.25) is 0 Å². The second kappa shape index (κ2) is 70.1. The molecule has 0 spiro atoms. The predicted molar refractivity (Wildman–Crippen MR) is 641 cm³/mol. The van der Waals surface area contributed by atoms with Crippen molar-refractivity contribution in [3.05, 3.63) is 253 Å². The summed E-state index contributed by atoms with van der Waals surface area (Å²) in [5, 5.41) is 36.0. The fourth-order valence-corrected chi connectivity index (χ4v) is 13.1. The van der Waals surface area contributed by atoms with Crippen LogP contribution in [-0.2, 0) is 28.1 Å². The van der Waals surface area contributed by atoms with Crippen molar-refractivity contribution in [3.63, 3.8) is 0 Å². The fourth-order valence-electron chi connectivity index (χ4n) is 13.1. The van der Waals surface area contributed by atoms with E-state index in [2.05, 4.69) is 451 Å². The van der Waals surface area contributed by atoms with Crippen LogP contribution in [0.2, 0.25) is 0 Å². The monoisotopic (exact) mass is 2000 g/mol. The van der Waals surface area contributed by atoms with Crippen molar-refractivity contribution in [2.75, 3.05) is 68.5 Å². The van der Waals surface area contributed by atoms with Crippen LogP contribution >= 0.6 is 0 Å². The molecular formula is C132H227N10O3+. The smallest absolute Gasteiger partial charge is 0.169 e. The summed E-state index contributed by atoms with van der Waals surface area (Å²) in [7, 11) is 0. The Morgan fingerprint density at radius 1 is 0.421 bits per heavy atom. The van der Waals surface area contributed by atoms with Crippen molar-refractivity contribution < 1.29 is 20.3 Å². The van der Waals surface area contributed by atoms with Gasteiger partial charge in [0.1, 0.15) is 0 Å². The van der Waals surface area contributed by atoms with Crippen molar-refractivity contribution in [3.8, 4) is 11.8 Å². The summed E-state index contributed by atoms with van der Waals surface area (Å²) in [6, 6.07) is 48.1. The summed E-state index contributed by atoms with van der Waals surface area (Å²) in [6.45, 7) is 98.4. The first-order valence-electron chi connectivity index (χ1n) is 54.7. The van der Waals surface area contributed by atoms with Gasteiger partial charge in [0.15, 0.2) is 12.4 Å². The second-order valence-electron chi connectivity index (χ2n) is 53.8. The Labute approximate surface area is 895 Å². The highest BCUT2D eigenvalue weighted by atomic mass is 16.3. The Morgan fingerprint density at radius 3 is 1.07 bits per heavy atom. The summed E-state index contributed by atoms with van der Waals surface area (Å²) in [4.78, 5) is 19.0. The number of nitrogens with two attached hydrogens (primary N) is 2. The number of rotatable bonds is 21. The summed E-state index contributed by atoms with van der Waals surface area (Å²) in [5.41, 5.74) is 28.9. The molecule has 0 bridgehead atoms. The third kappa shape index (κ3) is 78.8. The van der Waals surface area contributed by atoms with Crippen LogP contribution in [0.3, 0.4) is 0 Å². The number of benzene rings is 3. The summed E-state index contributed by atoms with van der Waals surface area (Å²) in [5.74, 6) is 10.8. The van der Waals surface area contributed by atoms with Crippen LogP contribution in [0.15, 0.2) is 214 Å². The van der Waals surface area contributed by atoms with E-state index in [0.29, 0.717) is 78.5 Å².